The molecule has 0 nitrogen and oxygen atoms in total. The second-order valence-electron chi connectivity index (χ2n) is 0. The van der Waals surface area contributed by atoms with E-state index in [0.29, 0.717) is 0 Å². The van der Waals surface area contributed by atoms with E-state index in [9.17, 15) is 0 Å². The zero-order valence-electron chi connectivity index (χ0n) is 4.29. The van der Waals surface area contributed by atoms with E-state index in [1.165, 1.54) is 0 Å². The number of hydrogen-bond acceptors (Lipinski definition) is 0. The topological polar surface area (TPSA) is 0 Å². The number of hydrogen-bond donors (Lipinski definition) is 0. The van der Waals surface area contributed by atoms with E-state index < -0.39 is 0 Å². The first kappa shape index (κ1) is 28.4. The van der Waals surface area contributed by atoms with Crippen LogP contribution in [0.2, 0.25) is 0 Å². The SMILES string of the molecule is [Ca+2].[H-].[H-].[Mn].[SeH2].[Zn]. The quantitative estimate of drug-likeness (QED) is 0.475. The summed E-state index contributed by atoms with van der Waals surface area (Å²) >= 11 is 0. The Morgan fingerprint density at radius 3 is 1.25 bits per heavy atom. The Hall–Kier alpha value is 2.92. The predicted molar refractivity (Wildman–Crippen MR) is 16.5 cm³/mol. The van der Waals surface area contributed by atoms with E-state index in [-0.39, 0.29) is 94.2 Å². The van der Waals surface area contributed by atoms with Crippen LogP contribution in [0.15, 0.2) is 0 Å². The first-order valence-corrected chi connectivity index (χ1v) is 0. The summed E-state index contributed by atoms with van der Waals surface area (Å²) in [4.78, 5) is 0. The molecule has 0 aliphatic carbocycles. The fraction of sp³-hybridized carbons (Fsp3) is 0. The third-order valence-corrected chi connectivity index (χ3v) is 0. The molecule has 0 heterocycles. The molecule has 4 heavy (non-hydrogen) atoms. The molecule has 0 atom stereocenters. The molecule has 0 bridgehead atoms. The van der Waals surface area contributed by atoms with Gasteiger partial charge in [0.2, 0.25) is 0 Å². The van der Waals surface area contributed by atoms with Gasteiger partial charge in [0.25, 0.3) is 0 Å². The maximum atomic E-state index is 0. The van der Waals surface area contributed by atoms with Crippen molar-refractivity contribution in [2.75, 3.05) is 0 Å². The fourth-order valence-electron chi connectivity index (χ4n) is 0. The maximum Gasteiger partial charge on any atom is 0 e. The van der Waals surface area contributed by atoms with Crippen molar-refractivity contribution in [3.05, 3.63) is 0 Å². The minimum atomic E-state index is 0. The molecule has 0 spiro atoms. The van der Waals surface area contributed by atoms with Crippen molar-refractivity contribution in [2.45, 2.75) is 0 Å². The molecule has 0 aliphatic heterocycles. The average molecular weight is 243 g/mol. The van der Waals surface area contributed by atoms with Crippen LogP contribution in [0.5, 0.6) is 0 Å². The molecule has 0 aliphatic rings. The number of rotatable bonds is 0. The summed E-state index contributed by atoms with van der Waals surface area (Å²) in [5, 5.41) is 0. The molecule has 0 aromatic carbocycles. The third-order valence-electron chi connectivity index (χ3n) is 0. The van der Waals surface area contributed by atoms with Crippen LogP contribution >= 0.6 is 0 Å². The smallest absolute Gasteiger partial charge is 0 e. The van der Waals surface area contributed by atoms with Crippen LogP contribution in [0.25, 0.3) is 0 Å². The molecule has 0 saturated carbocycles. The molecule has 0 rings (SSSR count). The van der Waals surface area contributed by atoms with E-state index in [1.807, 2.05) is 0 Å². The van der Waals surface area contributed by atoms with Crippen LogP contribution in [-0.4, -0.2) is 54.8 Å². The minimum Gasteiger partial charge on any atom is 0 e. The van der Waals surface area contributed by atoms with Crippen molar-refractivity contribution in [3.63, 3.8) is 0 Å². The van der Waals surface area contributed by atoms with Crippen LogP contribution in [0.3, 0.4) is 0 Å². The molecular weight excluding hydrogens is 239 g/mol. The van der Waals surface area contributed by atoms with Crippen molar-refractivity contribution in [1.82, 2.24) is 0 Å². The van der Waals surface area contributed by atoms with E-state index in [2.05, 4.69) is 0 Å². The van der Waals surface area contributed by atoms with Gasteiger partial charge in [-0.3, -0.25) is 0 Å². The first-order valence-electron chi connectivity index (χ1n) is 0. The summed E-state index contributed by atoms with van der Waals surface area (Å²) in [5.74, 6) is 0. The summed E-state index contributed by atoms with van der Waals surface area (Å²) in [7, 11) is 0. The largest absolute Gasteiger partial charge is 0 e. The van der Waals surface area contributed by atoms with Crippen molar-refractivity contribution in [2.24, 2.45) is 0 Å². The van der Waals surface area contributed by atoms with Crippen molar-refractivity contribution < 1.29 is 39.4 Å². The van der Waals surface area contributed by atoms with Crippen LogP contribution in [-0.2, 0) is 36.5 Å². The second-order valence-corrected chi connectivity index (χ2v) is 0. The van der Waals surface area contributed by atoms with Crippen LogP contribution in [0, 0.1) is 0 Å². The Morgan fingerprint density at radius 2 is 1.25 bits per heavy atom. The van der Waals surface area contributed by atoms with Crippen molar-refractivity contribution >= 4 is 54.8 Å². The van der Waals surface area contributed by atoms with Gasteiger partial charge in [0.1, 0.15) is 0 Å². The normalized spacial score (nSPS) is 0. The molecule has 0 aromatic heterocycles. The molecule has 0 fully saturated rings. The molecular formula is H4CaMnSeZn. The molecule has 4 heteroatoms. The van der Waals surface area contributed by atoms with Gasteiger partial charge >= 0.3 is 54.8 Å². The molecule has 0 amide bonds. The third kappa shape index (κ3) is 8.87. The Bertz CT molecular complexity index is 13.5. The van der Waals surface area contributed by atoms with Gasteiger partial charge in [0.15, 0.2) is 0 Å². The van der Waals surface area contributed by atoms with Gasteiger partial charge in [0, 0.05) is 36.5 Å². The maximum absolute atomic E-state index is 0. The fourth-order valence-corrected chi connectivity index (χ4v) is 0. The summed E-state index contributed by atoms with van der Waals surface area (Å²) < 4.78 is 0. The van der Waals surface area contributed by atoms with Gasteiger partial charge < -0.3 is 2.85 Å². The predicted octanol–water partition coefficient (Wildman–Crippen LogP) is -1.08. The minimum absolute atomic E-state index is 0. The Kier molecular flexibility index (Phi) is 119. The zero-order valence-corrected chi connectivity index (χ0v) is 10.7. The Balaban J connectivity index is 0. The molecule has 1 radical (unpaired) electrons. The van der Waals surface area contributed by atoms with Crippen molar-refractivity contribution in [3.8, 4) is 0 Å². The van der Waals surface area contributed by atoms with Crippen LogP contribution in [0.1, 0.15) is 2.85 Å². The summed E-state index contributed by atoms with van der Waals surface area (Å²) in [5.41, 5.74) is 0. The van der Waals surface area contributed by atoms with Gasteiger partial charge in [0.05, 0.1) is 0 Å². The molecule has 0 aromatic rings. The Labute approximate surface area is 92.5 Å². The van der Waals surface area contributed by atoms with E-state index in [0.717, 1.165) is 0 Å². The van der Waals surface area contributed by atoms with E-state index in [4.69, 9.17) is 0 Å². The van der Waals surface area contributed by atoms with Gasteiger partial charge in [-0.25, -0.2) is 0 Å². The summed E-state index contributed by atoms with van der Waals surface area (Å²) in [6, 6.07) is 0. The molecule has 0 unspecified atom stereocenters. The Morgan fingerprint density at radius 1 is 1.25 bits per heavy atom. The zero-order chi connectivity index (χ0) is 0. The standard InChI is InChI=1S/Ca.Mn.H2Se.Zn.2H/h;;1H2;;;/q+2;;;;2*-1. The average Bonchev–Trinajstić information content (AvgIpc) is 0. The summed E-state index contributed by atoms with van der Waals surface area (Å²) in [6.07, 6.45) is 0. The first-order chi connectivity index (χ1) is 0. The molecule has 0 saturated heterocycles. The molecule has 21 valence electrons. The van der Waals surface area contributed by atoms with Crippen molar-refractivity contribution in [1.29, 1.82) is 0 Å². The van der Waals surface area contributed by atoms with Crippen LogP contribution in [0.4, 0.5) is 0 Å². The van der Waals surface area contributed by atoms with E-state index in [1.54, 1.807) is 0 Å². The molecule has 0 N–H and O–H groups in total. The summed E-state index contributed by atoms with van der Waals surface area (Å²) in [6.45, 7) is 0. The van der Waals surface area contributed by atoms with E-state index >= 15 is 0 Å². The van der Waals surface area contributed by atoms with Gasteiger partial charge in [-0.2, -0.15) is 0 Å². The van der Waals surface area contributed by atoms with Gasteiger partial charge in [-0.05, 0) is 0 Å². The monoisotopic (exact) mass is 243 g/mol. The van der Waals surface area contributed by atoms with Gasteiger partial charge in [-0.15, -0.1) is 0 Å². The van der Waals surface area contributed by atoms with Gasteiger partial charge in [-0.1, -0.05) is 0 Å². The second kappa shape index (κ2) is 16.8. The van der Waals surface area contributed by atoms with Crippen LogP contribution < -0.4 is 0 Å².